The number of hydrogen-bond acceptors (Lipinski definition) is 7. The Hall–Kier alpha value is -3.80. The lowest BCUT2D eigenvalue weighted by atomic mass is 10.2. The number of nitrogens with one attached hydrogen (secondary N) is 1. The molecule has 9 nitrogen and oxygen atoms in total. The molecule has 0 fully saturated rings. The monoisotopic (exact) mass is 553 g/mol. The van der Waals surface area contributed by atoms with Gasteiger partial charge in [0.2, 0.25) is 0 Å². The lowest BCUT2D eigenvalue weighted by Crippen LogP contribution is -2.19. The minimum absolute atomic E-state index is 0.141. The van der Waals surface area contributed by atoms with Crippen LogP contribution in [0.3, 0.4) is 0 Å². The Morgan fingerprint density at radius 1 is 0.947 bits per heavy atom. The van der Waals surface area contributed by atoms with Crippen molar-refractivity contribution in [3.63, 3.8) is 0 Å². The Balaban J connectivity index is 1.62. The molecular weight excluding hydrogens is 526 g/mol. The number of amides is 1. The third-order valence-electron chi connectivity index (χ3n) is 5.49. The molecule has 4 aromatic rings. The van der Waals surface area contributed by atoms with Crippen LogP contribution >= 0.6 is 11.3 Å². The second-order valence-corrected chi connectivity index (χ2v) is 10.7. The van der Waals surface area contributed by atoms with Crippen LogP contribution in [0, 0.1) is 0 Å². The Morgan fingerprint density at radius 2 is 1.66 bits per heavy atom. The van der Waals surface area contributed by atoms with Gasteiger partial charge in [0.1, 0.15) is 0 Å². The predicted molar refractivity (Wildman–Crippen MR) is 146 cm³/mol. The van der Waals surface area contributed by atoms with E-state index >= 15 is 0 Å². The summed E-state index contributed by atoms with van der Waals surface area (Å²) in [6, 6.07) is 19.3. The number of hydrogen-bond donors (Lipinski definition) is 1. The molecule has 11 heteroatoms. The summed E-state index contributed by atoms with van der Waals surface area (Å²) in [6.45, 7) is 5.38. The fourth-order valence-corrected chi connectivity index (χ4v) is 5.84. The van der Waals surface area contributed by atoms with Crippen LogP contribution in [0.25, 0.3) is 10.2 Å². The van der Waals surface area contributed by atoms with E-state index in [1.54, 1.807) is 43.3 Å². The molecule has 198 valence electrons. The quantitative estimate of drug-likeness (QED) is 0.229. The summed E-state index contributed by atoms with van der Waals surface area (Å²) in [7, 11) is -3.74. The maximum absolute atomic E-state index is 13.0. The Bertz CT molecular complexity index is 1610. The number of carbonyl (C=O) groups excluding carboxylic acids is 2. The van der Waals surface area contributed by atoms with Gasteiger partial charge < -0.3 is 14.0 Å². The molecule has 3 aromatic carbocycles. The number of thiazole rings is 1. The molecule has 0 aliphatic heterocycles. The van der Waals surface area contributed by atoms with Gasteiger partial charge in [-0.1, -0.05) is 29.5 Å². The highest BCUT2D eigenvalue weighted by atomic mass is 32.2. The molecule has 0 spiro atoms. The van der Waals surface area contributed by atoms with E-state index < -0.39 is 21.9 Å². The van der Waals surface area contributed by atoms with Crippen molar-refractivity contribution in [2.24, 2.45) is 4.99 Å². The molecule has 0 saturated carbocycles. The van der Waals surface area contributed by atoms with Gasteiger partial charge in [-0.05, 0) is 68.4 Å². The number of nitrogens with zero attached hydrogens (tertiary/aromatic N) is 2. The van der Waals surface area contributed by atoms with Gasteiger partial charge in [-0.15, -0.1) is 0 Å². The number of benzene rings is 3. The van der Waals surface area contributed by atoms with E-state index in [1.165, 1.54) is 47.7 Å². The molecule has 38 heavy (non-hydrogen) atoms. The SMILES string of the molecule is CCOCCn1c(=NC(=O)c2ccc(NS(=O)(=O)c3ccccc3)cc2)sc2cc(C(=O)OCC)ccc21. The van der Waals surface area contributed by atoms with E-state index in [-0.39, 0.29) is 11.5 Å². The van der Waals surface area contributed by atoms with E-state index in [2.05, 4.69) is 9.71 Å². The number of rotatable bonds is 10. The zero-order valence-electron chi connectivity index (χ0n) is 20.9. The smallest absolute Gasteiger partial charge is 0.338 e. The largest absolute Gasteiger partial charge is 0.462 e. The number of anilines is 1. The Morgan fingerprint density at radius 3 is 2.34 bits per heavy atom. The van der Waals surface area contributed by atoms with Crippen molar-refractivity contribution in [3.05, 3.63) is 88.7 Å². The van der Waals surface area contributed by atoms with E-state index in [0.29, 0.717) is 41.4 Å². The van der Waals surface area contributed by atoms with Crippen LogP contribution in [0.15, 0.2) is 82.7 Å². The van der Waals surface area contributed by atoms with Gasteiger partial charge in [0, 0.05) is 24.4 Å². The minimum atomic E-state index is -3.74. The topological polar surface area (TPSA) is 116 Å². The summed E-state index contributed by atoms with van der Waals surface area (Å²) in [5, 5.41) is 0. The van der Waals surface area contributed by atoms with Crippen LogP contribution in [-0.4, -0.2) is 44.7 Å². The maximum atomic E-state index is 13.0. The zero-order valence-corrected chi connectivity index (χ0v) is 22.6. The maximum Gasteiger partial charge on any atom is 0.338 e. The fourth-order valence-electron chi connectivity index (χ4n) is 3.66. The van der Waals surface area contributed by atoms with Gasteiger partial charge in [-0.3, -0.25) is 9.52 Å². The van der Waals surface area contributed by atoms with Crippen molar-refractivity contribution in [2.75, 3.05) is 24.5 Å². The zero-order chi connectivity index (χ0) is 27.1. The lowest BCUT2D eigenvalue weighted by Gasteiger charge is -2.08. The molecule has 0 unspecified atom stereocenters. The van der Waals surface area contributed by atoms with E-state index in [9.17, 15) is 18.0 Å². The average molecular weight is 554 g/mol. The highest BCUT2D eigenvalue weighted by molar-refractivity contribution is 7.92. The van der Waals surface area contributed by atoms with Gasteiger partial charge in [-0.2, -0.15) is 4.99 Å². The fraction of sp³-hybridized carbons (Fsp3) is 0.222. The second-order valence-electron chi connectivity index (χ2n) is 8.05. The number of sulfonamides is 1. The van der Waals surface area contributed by atoms with E-state index in [4.69, 9.17) is 9.47 Å². The van der Waals surface area contributed by atoms with E-state index in [0.717, 1.165) is 10.2 Å². The first-order chi connectivity index (χ1) is 18.3. The second kappa shape index (κ2) is 12.2. The van der Waals surface area contributed by atoms with Gasteiger partial charge in [-0.25, -0.2) is 13.2 Å². The molecule has 0 bridgehead atoms. The Labute approximate surface area is 224 Å². The van der Waals surface area contributed by atoms with Gasteiger partial charge in [0.25, 0.3) is 15.9 Å². The minimum Gasteiger partial charge on any atom is -0.462 e. The molecule has 0 saturated heterocycles. The molecule has 0 radical (unpaired) electrons. The molecule has 0 atom stereocenters. The average Bonchev–Trinajstić information content (AvgIpc) is 3.25. The summed E-state index contributed by atoms with van der Waals surface area (Å²) >= 11 is 1.28. The first kappa shape index (κ1) is 27.2. The van der Waals surface area contributed by atoms with Gasteiger partial charge in [0.05, 0.1) is 33.9 Å². The standard InChI is InChI=1S/C27H27N3O6S2/c1-3-35-17-16-30-23-15-12-20(26(32)36-4-2)18-24(23)37-27(30)28-25(31)19-10-13-21(14-11-19)29-38(33,34)22-8-6-5-7-9-22/h5-15,18,29H,3-4,16-17H2,1-2H3. The van der Waals surface area contributed by atoms with Crippen molar-refractivity contribution < 1.29 is 27.5 Å². The highest BCUT2D eigenvalue weighted by Gasteiger charge is 2.15. The molecular formula is C27H27N3O6S2. The van der Waals surface area contributed by atoms with Crippen molar-refractivity contribution in [1.29, 1.82) is 0 Å². The summed E-state index contributed by atoms with van der Waals surface area (Å²) < 4.78 is 40.9. The highest BCUT2D eigenvalue weighted by Crippen LogP contribution is 2.21. The third-order valence-corrected chi connectivity index (χ3v) is 7.93. The molecule has 1 amide bonds. The molecule has 1 N–H and O–H groups in total. The van der Waals surface area contributed by atoms with Crippen LogP contribution < -0.4 is 9.52 Å². The van der Waals surface area contributed by atoms with Crippen molar-refractivity contribution in [2.45, 2.75) is 25.3 Å². The van der Waals surface area contributed by atoms with Gasteiger partial charge in [0.15, 0.2) is 4.80 Å². The Kier molecular flexibility index (Phi) is 8.72. The van der Waals surface area contributed by atoms with Gasteiger partial charge >= 0.3 is 5.97 Å². The van der Waals surface area contributed by atoms with Crippen LogP contribution in [0.1, 0.15) is 34.6 Å². The van der Waals surface area contributed by atoms with Crippen molar-refractivity contribution in [3.8, 4) is 0 Å². The number of aromatic nitrogens is 1. The normalized spacial score (nSPS) is 12.0. The van der Waals surface area contributed by atoms with Crippen molar-refractivity contribution >= 4 is 49.1 Å². The summed E-state index contributed by atoms with van der Waals surface area (Å²) in [5.41, 5.74) is 1.86. The summed E-state index contributed by atoms with van der Waals surface area (Å²) in [5.74, 6) is -0.897. The number of carbonyl (C=O) groups is 2. The van der Waals surface area contributed by atoms with Crippen LogP contribution in [0.2, 0.25) is 0 Å². The van der Waals surface area contributed by atoms with Crippen molar-refractivity contribution in [1.82, 2.24) is 4.57 Å². The number of esters is 1. The molecule has 0 aliphatic carbocycles. The third kappa shape index (κ3) is 6.36. The van der Waals surface area contributed by atoms with Crippen LogP contribution in [-0.2, 0) is 26.0 Å². The van der Waals surface area contributed by atoms with Crippen LogP contribution in [0.4, 0.5) is 5.69 Å². The van der Waals surface area contributed by atoms with Crippen LogP contribution in [0.5, 0.6) is 0 Å². The molecule has 0 aliphatic rings. The lowest BCUT2D eigenvalue weighted by molar-refractivity contribution is 0.0526. The molecule has 1 aromatic heterocycles. The first-order valence-electron chi connectivity index (χ1n) is 12.0. The summed E-state index contributed by atoms with van der Waals surface area (Å²) in [6.07, 6.45) is 0. The number of fused-ring (bicyclic) bond motifs is 1. The van der Waals surface area contributed by atoms with E-state index in [1.807, 2.05) is 11.5 Å². The molecule has 4 rings (SSSR count). The predicted octanol–water partition coefficient (Wildman–Crippen LogP) is 4.46. The number of ether oxygens (including phenoxy) is 2. The summed E-state index contributed by atoms with van der Waals surface area (Å²) in [4.78, 5) is 30.2. The molecule has 1 heterocycles. The first-order valence-corrected chi connectivity index (χ1v) is 14.3.